The first-order valence-electron chi connectivity index (χ1n) is 5.95. The Balaban J connectivity index is 2.26. The third kappa shape index (κ3) is 3.45. The molecule has 1 heterocycles. The molecule has 1 saturated heterocycles. The highest BCUT2D eigenvalue weighted by Crippen LogP contribution is 2.23. The number of benzene rings is 1. The molecule has 19 heavy (non-hydrogen) atoms. The molecule has 0 spiro atoms. The fourth-order valence-corrected chi connectivity index (χ4v) is 3.81. The number of sulfonamides is 1. The van der Waals surface area contributed by atoms with Gasteiger partial charge in [-0.05, 0) is 37.6 Å². The van der Waals surface area contributed by atoms with E-state index in [2.05, 4.69) is 10.0 Å². The van der Waals surface area contributed by atoms with Crippen molar-refractivity contribution in [2.24, 2.45) is 0 Å². The molecule has 0 aromatic heterocycles. The molecule has 7 heteroatoms. The minimum absolute atomic E-state index is 0.0428. The van der Waals surface area contributed by atoms with E-state index in [9.17, 15) is 8.42 Å². The second kappa shape index (κ2) is 5.88. The number of nitrogens with zero attached hydrogens (tertiary/aromatic N) is 1. The quantitative estimate of drug-likeness (QED) is 0.880. The van der Waals surface area contributed by atoms with Gasteiger partial charge in [-0.1, -0.05) is 11.6 Å². The van der Waals surface area contributed by atoms with Crippen LogP contribution in [-0.2, 0) is 10.0 Å². The lowest BCUT2D eigenvalue weighted by molar-refractivity contribution is 0.428. The summed E-state index contributed by atoms with van der Waals surface area (Å²) in [7, 11) is -3.70. The van der Waals surface area contributed by atoms with Gasteiger partial charge in [0, 0.05) is 12.6 Å². The first-order chi connectivity index (χ1) is 9.03. The highest BCUT2D eigenvalue weighted by atomic mass is 35.5. The maximum atomic E-state index is 12.3. The number of rotatable bonds is 3. The van der Waals surface area contributed by atoms with Crippen molar-refractivity contribution in [2.45, 2.75) is 23.8 Å². The monoisotopic (exact) mass is 299 g/mol. The predicted molar refractivity (Wildman–Crippen MR) is 72.4 cm³/mol. The lowest BCUT2D eigenvalue weighted by atomic mass is 10.1. The first-order valence-corrected chi connectivity index (χ1v) is 7.82. The van der Waals surface area contributed by atoms with Crippen LogP contribution in [0.25, 0.3) is 0 Å². The molecule has 1 aliphatic rings. The zero-order chi connectivity index (χ0) is 13.9. The Morgan fingerprint density at radius 3 is 2.89 bits per heavy atom. The predicted octanol–water partition coefficient (Wildman–Crippen LogP) is 1.24. The Morgan fingerprint density at radius 1 is 1.47 bits per heavy atom. The summed E-state index contributed by atoms with van der Waals surface area (Å²) >= 11 is 5.91. The molecule has 102 valence electrons. The van der Waals surface area contributed by atoms with Gasteiger partial charge >= 0.3 is 0 Å². The van der Waals surface area contributed by atoms with Crippen LogP contribution in [0.1, 0.15) is 18.4 Å². The summed E-state index contributed by atoms with van der Waals surface area (Å²) in [5.41, 5.74) is 0.270. The molecule has 0 radical (unpaired) electrons. The van der Waals surface area contributed by atoms with Crippen LogP contribution in [0.2, 0.25) is 5.02 Å². The SMILES string of the molecule is N#Cc1ccc(Cl)c(S(=O)(=O)N[C@@H]2CCCNC2)c1. The van der Waals surface area contributed by atoms with Crippen molar-refractivity contribution in [2.75, 3.05) is 13.1 Å². The fourth-order valence-electron chi connectivity index (χ4n) is 2.01. The summed E-state index contributed by atoms with van der Waals surface area (Å²) in [5.74, 6) is 0. The molecule has 0 aliphatic carbocycles. The second-order valence-corrected chi connectivity index (χ2v) is 6.51. The standard InChI is InChI=1S/C12H14ClN3O2S/c13-11-4-3-9(7-14)6-12(11)19(17,18)16-10-2-1-5-15-8-10/h3-4,6,10,15-16H,1-2,5,8H2/t10-/m1/s1. The summed E-state index contributed by atoms with van der Waals surface area (Å²) in [4.78, 5) is -0.0428. The molecule has 1 fully saturated rings. The van der Waals surface area contributed by atoms with Crippen molar-refractivity contribution < 1.29 is 8.42 Å². The Morgan fingerprint density at radius 2 is 2.26 bits per heavy atom. The smallest absolute Gasteiger partial charge is 0.242 e. The van der Waals surface area contributed by atoms with Crippen LogP contribution in [0.15, 0.2) is 23.1 Å². The van der Waals surface area contributed by atoms with Crippen LogP contribution >= 0.6 is 11.6 Å². The zero-order valence-corrected chi connectivity index (χ0v) is 11.8. The number of hydrogen-bond donors (Lipinski definition) is 2. The zero-order valence-electron chi connectivity index (χ0n) is 10.2. The maximum Gasteiger partial charge on any atom is 0.242 e. The number of halogens is 1. The molecule has 2 N–H and O–H groups in total. The van der Waals surface area contributed by atoms with Gasteiger partial charge in [-0.2, -0.15) is 5.26 Å². The van der Waals surface area contributed by atoms with Crippen LogP contribution in [0.3, 0.4) is 0 Å². The van der Waals surface area contributed by atoms with Crippen LogP contribution in [0.4, 0.5) is 0 Å². The van der Waals surface area contributed by atoms with Crippen molar-refractivity contribution in [1.82, 2.24) is 10.0 Å². The van der Waals surface area contributed by atoms with E-state index in [-0.39, 0.29) is 21.5 Å². The highest BCUT2D eigenvalue weighted by Gasteiger charge is 2.24. The molecule has 1 aliphatic heterocycles. The average molecular weight is 300 g/mol. The molecule has 5 nitrogen and oxygen atoms in total. The molecule has 0 bridgehead atoms. The van der Waals surface area contributed by atoms with E-state index < -0.39 is 10.0 Å². The van der Waals surface area contributed by atoms with Crippen LogP contribution in [0.5, 0.6) is 0 Å². The molecule has 2 rings (SSSR count). The van der Waals surface area contributed by atoms with Gasteiger partial charge < -0.3 is 5.32 Å². The minimum Gasteiger partial charge on any atom is -0.315 e. The summed E-state index contributed by atoms with van der Waals surface area (Å²) in [6.07, 6.45) is 1.72. The van der Waals surface area contributed by atoms with Gasteiger partial charge in [-0.15, -0.1) is 0 Å². The molecule has 0 amide bonds. The van der Waals surface area contributed by atoms with E-state index in [1.807, 2.05) is 6.07 Å². The molecule has 0 saturated carbocycles. The molecule has 0 unspecified atom stereocenters. The Hall–Kier alpha value is -1.13. The topological polar surface area (TPSA) is 82.0 Å². The van der Waals surface area contributed by atoms with E-state index in [0.717, 1.165) is 19.4 Å². The lowest BCUT2D eigenvalue weighted by Crippen LogP contribution is -2.45. The van der Waals surface area contributed by atoms with Gasteiger partial charge in [-0.25, -0.2) is 13.1 Å². The van der Waals surface area contributed by atoms with E-state index in [1.54, 1.807) is 0 Å². The third-order valence-corrected chi connectivity index (χ3v) is 4.97. The highest BCUT2D eigenvalue weighted by molar-refractivity contribution is 7.89. The summed E-state index contributed by atoms with van der Waals surface area (Å²) in [5, 5.41) is 12.1. The van der Waals surface area contributed by atoms with E-state index >= 15 is 0 Å². The number of hydrogen-bond acceptors (Lipinski definition) is 4. The van der Waals surface area contributed by atoms with E-state index in [0.29, 0.717) is 6.54 Å². The van der Waals surface area contributed by atoms with Crippen LogP contribution in [-0.4, -0.2) is 27.5 Å². The summed E-state index contributed by atoms with van der Waals surface area (Å²) in [6.45, 7) is 1.51. The van der Waals surface area contributed by atoms with Gasteiger partial charge in [0.1, 0.15) is 4.90 Å². The summed E-state index contributed by atoms with van der Waals surface area (Å²) < 4.78 is 27.1. The molecule has 1 atom stereocenters. The Bertz CT molecular complexity index is 604. The Labute approximate surface area is 117 Å². The van der Waals surface area contributed by atoms with Crippen molar-refractivity contribution in [1.29, 1.82) is 5.26 Å². The van der Waals surface area contributed by atoms with Crippen molar-refractivity contribution in [3.8, 4) is 6.07 Å². The third-order valence-electron chi connectivity index (χ3n) is 2.97. The normalized spacial score (nSPS) is 19.9. The van der Waals surface area contributed by atoms with Crippen molar-refractivity contribution in [3.63, 3.8) is 0 Å². The van der Waals surface area contributed by atoms with Crippen LogP contribution in [0, 0.1) is 11.3 Å². The fraction of sp³-hybridized carbons (Fsp3) is 0.417. The Kier molecular flexibility index (Phi) is 4.42. The maximum absolute atomic E-state index is 12.3. The lowest BCUT2D eigenvalue weighted by Gasteiger charge is -2.23. The molecule has 1 aromatic carbocycles. The number of piperidine rings is 1. The average Bonchev–Trinajstić information content (AvgIpc) is 2.39. The summed E-state index contributed by atoms with van der Waals surface area (Å²) in [6, 6.07) is 5.98. The van der Waals surface area contributed by atoms with Gasteiger partial charge in [0.05, 0.1) is 16.7 Å². The van der Waals surface area contributed by atoms with E-state index in [1.165, 1.54) is 18.2 Å². The second-order valence-electron chi connectivity index (χ2n) is 4.42. The molecule has 1 aromatic rings. The van der Waals surface area contributed by atoms with E-state index in [4.69, 9.17) is 16.9 Å². The number of nitrogens with one attached hydrogen (secondary N) is 2. The minimum atomic E-state index is -3.70. The van der Waals surface area contributed by atoms with Crippen molar-refractivity contribution in [3.05, 3.63) is 28.8 Å². The number of nitriles is 1. The first kappa shape index (κ1) is 14.3. The van der Waals surface area contributed by atoms with Gasteiger partial charge in [0.25, 0.3) is 0 Å². The largest absolute Gasteiger partial charge is 0.315 e. The molecular formula is C12H14ClN3O2S. The van der Waals surface area contributed by atoms with Crippen molar-refractivity contribution >= 4 is 21.6 Å². The van der Waals surface area contributed by atoms with Gasteiger partial charge in [0.2, 0.25) is 10.0 Å². The van der Waals surface area contributed by atoms with Crippen LogP contribution < -0.4 is 10.0 Å². The van der Waals surface area contributed by atoms with Gasteiger partial charge in [0.15, 0.2) is 0 Å². The van der Waals surface area contributed by atoms with Gasteiger partial charge in [-0.3, -0.25) is 0 Å². The molecular weight excluding hydrogens is 286 g/mol.